The van der Waals surface area contributed by atoms with E-state index < -0.39 is 0 Å². The van der Waals surface area contributed by atoms with Gasteiger partial charge in [-0.1, -0.05) is 54.6 Å². The molecule has 3 nitrogen and oxygen atoms in total. The third kappa shape index (κ3) is 2.40. The highest BCUT2D eigenvalue weighted by Gasteiger charge is 2.33. The molecule has 2 heterocycles. The van der Waals surface area contributed by atoms with Crippen molar-refractivity contribution in [2.24, 2.45) is 0 Å². The topological polar surface area (TPSA) is 42.2 Å². The SMILES string of the molecule is O=c1oc2ccccc2c2c1[C@H](c1ccc(F)cc1)c1c(ccc3ccccc13)N2. The molecule has 0 saturated heterocycles. The van der Waals surface area contributed by atoms with Crippen LogP contribution in [0.3, 0.4) is 0 Å². The minimum Gasteiger partial charge on any atom is -0.422 e. The van der Waals surface area contributed by atoms with Gasteiger partial charge in [-0.2, -0.15) is 0 Å². The molecule has 30 heavy (non-hydrogen) atoms. The molecule has 0 amide bonds. The molecule has 1 aliphatic rings. The Labute approximate surface area is 171 Å². The van der Waals surface area contributed by atoms with Crippen molar-refractivity contribution in [3.05, 3.63) is 118 Å². The Kier molecular flexibility index (Phi) is 3.56. The van der Waals surface area contributed by atoms with Crippen molar-refractivity contribution in [3.63, 3.8) is 0 Å². The maximum atomic E-state index is 13.7. The van der Waals surface area contributed by atoms with Crippen molar-refractivity contribution in [3.8, 4) is 0 Å². The molecule has 0 aliphatic carbocycles. The van der Waals surface area contributed by atoms with Crippen LogP contribution in [0.5, 0.6) is 0 Å². The summed E-state index contributed by atoms with van der Waals surface area (Å²) in [6.07, 6.45) is 0. The first-order valence-corrected chi connectivity index (χ1v) is 9.80. The molecule has 6 rings (SSSR count). The lowest BCUT2D eigenvalue weighted by Crippen LogP contribution is -2.22. The summed E-state index contributed by atoms with van der Waals surface area (Å²) in [4.78, 5) is 13.2. The highest BCUT2D eigenvalue weighted by molar-refractivity contribution is 6.00. The van der Waals surface area contributed by atoms with Gasteiger partial charge in [0.25, 0.3) is 0 Å². The van der Waals surface area contributed by atoms with E-state index in [2.05, 4.69) is 23.5 Å². The third-order valence-electron chi connectivity index (χ3n) is 5.86. The zero-order valence-corrected chi connectivity index (χ0v) is 15.9. The van der Waals surface area contributed by atoms with E-state index in [1.54, 1.807) is 18.2 Å². The van der Waals surface area contributed by atoms with Gasteiger partial charge in [-0.05, 0) is 52.2 Å². The molecule has 0 unspecified atom stereocenters. The van der Waals surface area contributed by atoms with E-state index in [9.17, 15) is 9.18 Å². The summed E-state index contributed by atoms with van der Waals surface area (Å²) < 4.78 is 19.4. The van der Waals surface area contributed by atoms with Crippen LogP contribution in [0.15, 0.2) is 94.1 Å². The quantitative estimate of drug-likeness (QED) is 0.332. The van der Waals surface area contributed by atoms with Gasteiger partial charge in [-0.15, -0.1) is 0 Å². The van der Waals surface area contributed by atoms with Crippen LogP contribution in [0.1, 0.15) is 22.6 Å². The molecule has 4 aromatic carbocycles. The summed E-state index contributed by atoms with van der Waals surface area (Å²) in [5.74, 6) is -0.680. The molecular weight excluding hydrogens is 377 g/mol. The molecule has 144 valence electrons. The van der Waals surface area contributed by atoms with Crippen LogP contribution in [-0.4, -0.2) is 0 Å². The smallest absolute Gasteiger partial charge is 0.342 e. The Hall–Kier alpha value is -3.92. The molecule has 0 spiro atoms. The van der Waals surface area contributed by atoms with Crippen molar-refractivity contribution in [1.29, 1.82) is 0 Å². The summed E-state index contributed by atoms with van der Waals surface area (Å²) in [6.45, 7) is 0. The van der Waals surface area contributed by atoms with Crippen LogP contribution in [-0.2, 0) is 0 Å². The van der Waals surface area contributed by atoms with E-state index in [-0.39, 0.29) is 17.4 Å². The zero-order valence-electron chi connectivity index (χ0n) is 15.9. The van der Waals surface area contributed by atoms with Crippen LogP contribution >= 0.6 is 0 Å². The highest BCUT2D eigenvalue weighted by atomic mass is 19.1. The summed E-state index contributed by atoms with van der Waals surface area (Å²) in [5, 5.41) is 6.47. The van der Waals surface area contributed by atoms with Gasteiger partial charge in [0.1, 0.15) is 11.4 Å². The van der Waals surface area contributed by atoms with Crippen LogP contribution in [0.4, 0.5) is 15.8 Å². The predicted molar refractivity (Wildman–Crippen MR) is 117 cm³/mol. The molecule has 1 atom stereocenters. The van der Waals surface area contributed by atoms with Gasteiger partial charge in [-0.25, -0.2) is 9.18 Å². The molecule has 1 aliphatic heterocycles. The van der Waals surface area contributed by atoms with Gasteiger partial charge in [0.15, 0.2) is 0 Å². The second-order valence-electron chi connectivity index (χ2n) is 7.53. The Morgan fingerprint density at radius 1 is 0.767 bits per heavy atom. The summed E-state index contributed by atoms with van der Waals surface area (Å²) in [6, 6.07) is 26.1. The molecule has 0 saturated carbocycles. The van der Waals surface area contributed by atoms with Crippen molar-refractivity contribution in [2.75, 3.05) is 5.32 Å². The number of fused-ring (bicyclic) bond motifs is 6. The second-order valence-corrected chi connectivity index (χ2v) is 7.53. The minimum atomic E-state index is -0.385. The van der Waals surface area contributed by atoms with E-state index in [1.807, 2.05) is 36.4 Å². The number of hydrogen-bond donors (Lipinski definition) is 1. The summed E-state index contributed by atoms with van der Waals surface area (Å²) in [7, 11) is 0. The van der Waals surface area contributed by atoms with E-state index in [0.717, 1.165) is 38.7 Å². The number of benzene rings is 4. The molecule has 0 radical (unpaired) electrons. The number of nitrogens with one attached hydrogen (secondary N) is 1. The van der Waals surface area contributed by atoms with Gasteiger partial charge >= 0.3 is 5.63 Å². The fourth-order valence-corrected chi connectivity index (χ4v) is 4.54. The first-order valence-electron chi connectivity index (χ1n) is 9.80. The summed E-state index contributed by atoms with van der Waals surface area (Å²) in [5.41, 5.74) is 4.23. The second kappa shape index (κ2) is 6.29. The number of rotatable bonds is 1. The van der Waals surface area contributed by atoms with Crippen molar-refractivity contribution < 1.29 is 8.81 Å². The number of hydrogen-bond acceptors (Lipinski definition) is 3. The lowest BCUT2D eigenvalue weighted by Gasteiger charge is -2.30. The van der Waals surface area contributed by atoms with Crippen LogP contribution in [0.2, 0.25) is 0 Å². The van der Waals surface area contributed by atoms with Crippen LogP contribution in [0, 0.1) is 5.82 Å². The van der Waals surface area contributed by atoms with Gasteiger partial charge in [0.2, 0.25) is 0 Å². The van der Waals surface area contributed by atoms with E-state index >= 15 is 0 Å². The Morgan fingerprint density at radius 2 is 1.50 bits per heavy atom. The van der Waals surface area contributed by atoms with Gasteiger partial charge in [0, 0.05) is 17.0 Å². The Balaban J connectivity index is 1.76. The molecule has 1 aromatic heterocycles. The molecular formula is C26H16FNO2. The molecule has 0 bridgehead atoms. The Morgan fingerprint density at radius 3 is 2.33 bits per heavy atom. The lowest BCUT2D eigenvalue weighted by atomic mass is 9.79. The predicted octanol–water partition coefficient (Wildman–Crippen LogP) is 6.32. The van der Waals surface area contributed by atoms with E-state index in [4.69, 9.17) is 4.42 Å². The number of halogens is 1. The monoisotopic (exact) mass is 393 g/mol. The molecule has 5 aromatic rings. The standard InChI is InChI=1S/C26H16FNO2/c27-17-12-9-16(10-13-17)22-23-18-6-2-1-5-15(18)11-14-20(23)28-25-19-7-3-4-8-21(19)30-26(29)24(22)25/h1-14,22,28H/t22-/m1/s1. The van der Waals surface area contributed by atoms with Gasteiger partial charge in [0.05, 0.1) is 11.3 Å². The first-order chi connectivity index (χ1) is 14.7. The first kappa shape index (κ1) is 17.0. The van der Waals surface area contributed by atoms with Crippen molar-refractivity contribution in [1.82, 2.24) is 0 Å². The molecule has 4 heteroatoms. The molecule has 0 fully saturated rings. The van der Waals surface area contributed by atoms with Crippen LogP contribution < -0.4 is 10.9 Å². The number of anilines is 2. The fraction of sp³-hybridized carbons (Fsp3) is 0.0385. The van der Waals surface area contributed by atoms with Gasteiger partial charge in [-0.3, -0.25) is 0 Å². The normalized spacial score (nSPS) is 14.9. The van der Waals surface area contributed by atoms with Crippen molar-refractivity contribution in [2.45, 2.75) is 5.92 Å². The maximum absolute atomic E-state index is 13.7. The minimum absolute atomic E-state index is 0.309. The lowest BCUT2D eigenvalue weighted by molar-refractivity contribution is 0.549. The Bertz CT molecular complexity index is 1500. The third-order valence-corrected chi connectivity index (χ3v) is 5.86. The number of para-hydroxylation sites is 1. The van der Waals surface area contributed by atoms with Crippen molar-refractivity contribution >= 4 is 33.1 Å². The fourth-order valence-electron chi connectivity index (χ4n) is 4.54. The molecule has 1 N–H and O–H groups in total. The highest BCUT2D eigenvalue weighted by Crippen LogP contribution is 2.48. The van der Waals surface area contributed by atoms with E-state index in [0.29, 0.717) is 11.1 Å². The average molecular weight is 393 g/mol. The van der Waals surface area contributed by atoms with Gasteiger partial charge < -0.3 is 9.73 Å². The van der Waals surface area contributed by atoms with Crippen LogP contribution in [0.25, 0.3) is 21.7 Å². The average Bonchev–Trinajstić information content (AvgIpc) is 2.78. The van der Waals surface area contributed by atoms with E-state index in [1.165, 1.54) is 12.1 Å². The summed E-state index contributed by atoms with van der Waals surface area (Å²) >= 11 is 0. The maximum Gasteiger partial charge on any atom is 0.342 e. The zero-order chi connectivity index (χ0) is 20.2. The largest absolute Gasteiger partial charge is 0.422 e.